The minimum absolute atomic E-state index is 0.277. The van der Waals surface area contributed by atoms with Crippen molar-refractivity contribution in [2.75, 3.05) is 6.54 Å². The Labute approximate surface area is 114 Å². The molecule has 0 bridgehead atoms. The third-order valence-corrected chi connectivity index (χ3v) is 3.07. The lowest BCUT2D eigenvalue weighted by Gasteiger charge is -2.34. The van der Waals surface area contributed by atoms with Gasteiger partial charge in [-0.05, 0) is 19.3 Å². The predicted molar refractivity (Wildman–Crippen MR) is 65.7 cm³/mol. The number of urea groups is 1. The Morgan fingerprint density at radius 1 is 1.25 bits per heavy atom. The molecule has 0 aromatic carbocycles. The molecule has 0 aromatic heterocycles. The molecular formula is C11H17N3O6. The van der Waals surface area contributed by atoms with Crippen LogP contribution in [0.3, 0.4) is 0 Å². The van der Waals surface area contributed by atoms with Crippen LogP contribution in [-0.2, 0) is 14.4 Å². The zero-order chi connectivity index (χ0) is 15.3. The first-order chi connectivity index (χ1) is 9.32. The summed E-state index contributed by atoms with van der Waals surface area (Å²) in [6, 6.07) is -3.12. The average Bonchev–Trinajstić information content (AvgIpc) is 2.37. The highest BCUT2D eigenvalue weighted by Crippen LogP contribution is 2.17. The topological polar surface area (TPSA) is 150 Å². The van der Waals surface area contributed by atoms with E-state index in [9.17, 15) is 19.2 Å². The van der Waals surface area contributed by atoms with Gasteiger partial charge in [-0.25, -0.2) is 9.59 Å². The standard InChI is InChI=1S/C11H17N3O6/c12-9(17)7-3-1-2-4-14(7)11(20)13-6(10(18)19)5-8(15)16/h6-7H,1-5H2,(H2,12,17)(H,13,20)(H,15,16)(H,18,19)/t6-,7?/m1/s1. The zero-order valence-corrected chi connectivity index (χ0v) is 10.7. The summed E-state index contributed by atoms with van der Waals surface area (Å²) in [6.45, 7) is 0.277. The molecule has 1 rings (SSSR count). The quantitative estimate of drug-likeness (QED) is 0.507. The van der Waals surface area contributed by atoms with Crippen molar-refractivity contribution in [1.29, 1.82) is 0 Å². The third-order valence-electron chi connectivity index (χ3n) is 3.07. The molecule has 112 valence electrons. The van der Waals surface area contributed by atoms with Gasteiger partial charge in [0.1, 0.15) is 12.1 Å². The van der Waals surface area contributed by atoms with Crippen molar-refractivity contribution < 1.29 is 29.4 Å². The van der Waals surface area contributed by atoms with Gasteiger partial charge in [0.15, 0.2) is 0 Å². The second kappa shape index (κ2) is 6.73. The third kappa shape index (κ3) is 4.11. The van der Waals surface area contributed by atoms with Crippen LogP contribution in [0.15, 0.2) is 0 Å². The summed E-state index contributed by atoms with van der Waals surface area (Å²) in [5, 5.41) is 19.6. The maximum Gasteiger partial charge on any atom is 0.326 e. The lowest BCUT2D eigenvalue weighted by atomic mass is 10.0. The molecule has 9 heteroatoms. The predicted octanol–water partition coefficient (Wildman–Crippen LogP) is -1.04. The number of carboxylic acids is 2. The molecule has 0 spiro atoms. The van der Waals surface area contributed by atoms with E-state index >= 15 is 0 Å². The first-order valence-corrected chi connectivity index (χ1v) is 6.14. The molecule has 1 fully saturated rings. The number of hydrogen-bond acceptors (Lipinski definition) is 4. The summed E-state index contributed by atoms with van der Waals surface area (Å²) in [7, 11) is 0. The van der Waals surface area contributed by atoms with Crippen molar-refractivity contribution in [2.45, 2.75) is 37.8 Å². The smallest absolute Gasteiger partial charge is 0.326 e. The van der Waals surface area contributed by atoms with Crippen LogP contribution in [0, 0.1) is 0 Å². The Kier molecular flexibility index (Phi) is 5.30. The van der Waals surface area contributed by atoms with Gasteiger partial charge in [0, 0.05) is 6.54 Å². The number of nitrogens with two attached hydrogens (primary N) is 1. The van der Waals surface area contributed by atoms with E-state index in [-0.39, 0.29) is 6.54 Å². The van der Waals surface area contributed by atoms with E-state index in [2.05, 4.69) is 5.32 Å². The van der Waals surface area contributed by atoms with E-state index in [0.717, 1.165) is 11.3 Å². The van der Waals surface area contributed by atoms with Crippen molar-refractivity contribution in [1.82, 2.24) is 10.2 Å². The summed E-state index contributed by atoms with van der Waals surface area (Å²) in [6.07, 6.45) is 1.10. The van der Waals surface area contributed by atoms with Crippen molar-refractivity contribution >= 4 is 23.9 Å². The molecule has 3 amide bonds. The first kappa shape index (κ1) is 15.7. The molecule has 0 radical (unpaired) electrons. The molecule has 1 unspecified atom stereocenters. The number of carbonyl (C=O) groups excluding carboxylic acids is 2. The molecule has 1 aliphatic heterocycles. The van der Waals surface area contributed by atoms with Gasteiger partial charge in [-0.1, -0.05) is 0 Å². The minimum atomic E-state index is -1.55. The number of nitrogens with one attached hydrogen (secondary N) is 1. The number of aliphatic carboxylic acids is 2. The Morgan fingerprint density at radius 3 is 2.40 bits per heavy atom. The zero-order valence-electron chi connectivity index (χ0n) is 10.7. The molecule has 0 aromatic rings. The molecular weight excluding hydrogens is 270 g/mol. The summed E-state index contributed by atoms with van der Waals surface area (Å²) >= 11 is 0. The van der Waals surface area contributed by atoms with E-state index < -0.39 is 42.4 Å². The second-order valence-electron chi connectivity index (χ2n) is 4.55. The fourth-order valence-electron chi connectivity index (χ4n) is 2.08. The van der Waals surface area contributed by atoms with Gasteiger partial charge in [0.25, 0.3) is 0 Å². The first-order valence-electron chi connectivity index (χ1n) is 6.14. The number of rotatable bonds is 5. The summed E-state index contributed by atoms with van der Waals surface area (Å²) in [5.41, 5.74) is 5.20. The van der Waals surface area contributed by atoms with Crippen LogP contribution in [0.25, 0.3) is 0 Å². The maximum atomic E-state index is 12.0. The number of primary amides is 1. The van der Waals surface area contributed by atoms with Gasteiger partial charge in [-0.15, -0.1) is 0 Å². The van der Waals surface area contributed by atoms with Gasteiger partial charge in [0.05, 0.1) is 6.42 Å². The molecule has 1 heterocycles. The normalized spacial score (nSPS) is 20.0. The lowest BCUT2D eigenvalue weighted by molar-refractivity contribution is -0.145. The fraction of sp³-hybridized carbons (Fsp3) is 0.636. The lowest BCUT2D eigenvalue weighted by Crippen LogP contribution is -2.56. The monoisotopic (exact) mass is 287 g/mol. The van der Waals surface area contributed by atoms with E-state index in [1.54, 1.807) is 0 Å². The molecule has 2 atom stereocenters. The Bertz CT molecular complexity index is 424. The molecule has 5 N–H and O–H groups in total. The van der Waals surface area contributed by atoms with Crippen LogP contribution >= 0.6 is 0 Å². The molecule has 0 aliphatic carbocycles. The van der Waals surface area contributed by atoms with Gasteiger partial charge < -0.3 is 26.2 Å². The van der Waals surface area contributed by atoms with Gasteiger partial charge in [-0.3, -0.25) is 9.59 Å². The van der Waals surface area contributed by atoms with Gasteiger partial charge in [-0.2, -0.15) is 0 Å². The number of carbonyl (C=O) groups is 4. The van der Waals surface area contributed by atoms with Gasteiger partial charge >= 0.3 is 18.0 Å². The SMILES string of the molecule is NC(=O)C1CCCCN1C(=O)N[C@H](CC(=O)O)C(=O)O. The van der Waals surface area contributed by atoms with Crippen LogP contribution in [0.1, 0.15) is 25.7 Å². The number of amides is 3. The Balaban J connectivity index is 2.73. The van der Waals surface area contributed by atoms with Crippen molar-refractivity contribution in [3.05, 3.63) is 0 Å². The molecule has 9 nitrogen and oxygen atoms in total. The number of nitrogens with zero attached hydrogens (tertiary/aromatic N) is 1. The molecule has 1 saturated heterocycles. The summed E-state index contributed by atoms with van der Waals surface area (Å²) in [5.74, 6) is -3.46. The van der Waals surface area contributed by atoms with Crippen LogP contribution in [0.4, 0.5) is 4.79 Å². The molecule has 20 heavy (non-hydrogen) atoms. The van der Waals surface area contributed by atoms with Crippen LogP contribution in [0.5, 0.6) is 0 Å². The Morgan fingerprint density at radius 2 is 1.90 bits per heavy atom. The summed E-state index contributed by atoms with van der Waals surface area (Å²) in [4.78, 5) is 45.8. The number of hydrogen-bond donors (Lipinski definition) is 4. The van der Waals surface area contributed by atoms with Crippen molar-refractivity contribution in [3.63, 3.8) is 0 Å². The largest absolute Gasteiger partial charge is 0.481 e. The highest BCUT2D eigenvalue weighted by atomic mass is 16.4. The average molecular weight is 287 g/mol. The second-order valence-corrected chi connectivity index (χ2v) is 4.55. The highest BCUT2D eigenvalue weighted by molar-refractivity contribution is 5.89. The highest BCUT2D eigenvalue weighted by Gasteiger charge is 2.33. The fourth-order valence-corrected chi connectivity index (χ4v) is 2.08. The number of likely N-dealkylation sites (tertiary alicyclic amines) is 1. The molecule has 0 saturated carbocycles. The van der Waals surface area contributed by atoms with E-state index in [1.807, 2.05) is 0 Å². The Hall–Kier alpha value is -2.32. The van der Waals surface area contributed by atoms with Crippen LogP contribution < -0.4 is 11.1 Å². The van der Waals surface area contributed by atoms with E-state index in [4.69, 9.17) is 15.9 Å². The minimum Gasteiger partial charge on any atom is -0.481 e. The van der Waals surface area contributed by atoms with Crippen molar-refractivity contribution in [3.8, 4) is 0 Å². The number of carboxylic acid groups (broad SMARTS) is 2. The van der Waals surface area contributed by atoms with E-state index in [0.29, 0.717) is 12.8 Å². The number of piperidine rings is 1. The maximum absolute atomic E-state index is 12.0. The van der Waals surface area contributed by atoms with Crippen molar-refractivity contribution in [2.24, 2.45) is 5.73 Å². The van der Waals surface area contributed by atoms with Gasteiger partial charge in [0.2, 0.25) is 5.91 Å². The summed E-state index contributed by atoms with van der Waals surface area (Å²) < 4.78 is 0. The van der Waals surface area contributed by atoms with Crippen LogP contribution in [-0.4, -0.2) is 57.6 Å². The molecule has 1 aliphatic rings. The van der Waals surface area contributed by atoms with E-state index in [1.165, 1.54) is 0 Å². The van der Waals surface area contributed by atoms with Crippen LogP contribution in [0.2, 0.25) is 0 Å².